The zero-order valence-corrected chi connectivity index (χ0v) is 30.6. The molecule has 1 unspecified atom stereocenters. The number of benzene rings is 1. The fourth-order valence-electron chi connectivity index (χ4n) is 7.88. The Morgan fingerprint density at radius 2 is 1.72 bits per heavy atom. The zero-order valence-electron chi connectivity index (χ0n) is 28.8. The van der Waals surface area contributed by atoms with E-state index in [4.69, 9.17) is 14.5 Å². The third kappa shape index (κ3) is 5.62. The van der Waals surface area contributed by atoms with Crippen LogP contribution in [0.1, 0.15) is 114 Å². The van der Waals surface area contributed by atoms with Gasteiger partial charge in [0.25, 0.3) is 5.91 Å². The van der Waals surface area contributed by atoms with E-state index in [-0.39, 0.29) is 25.2 Å². The maximum atomic E-state index is 14.4. The first-order valence-corrected chi connectivity index (χ1v) is 20.1. The lowest BCUT2D eigenvalue weighted by Gasteiger charge is -2.44. The number of aromatic nitrogens is 2. The molecule has 0 spiro atoms. The summed E-state index contributed by atoms with van der Waals surface area (Å²) in [6, 6.07) is 9.36. The number of hydrogen-bond donors (Lipinski definition) is 0. The second-order valence-electron chi connectivity index (χ2n) is 14.9. The van der Waals surface area contributed by atoms with Gasteiger partial charge in [0.2, 0.25) is 0 Å². The number of nitrogens with zero attached hydrogens (tertiary/aromatic N) is 5. The number of carbonyl (C=O) groups is 1. The minimum Gasteiger partial charge on any atom is -0.414 e. The number of aryl methyl sites for hydroxylation is 1. The number of hydrogen-bond acceptors (Lipinski definition) is 8. The Morgan fingerprint density at radius 1 is 1.11 bits per heavy atom. The molecule has 1 aromatic heterocycles. The molecule has 3 heterocycles. The van der Waals surface area contributed by atoms with Crippen LogP contribution in [0.3, 0.4) is 0 Å². The molecule has 1 aromatic carbocycles. The van der Waals surface area contributed by atoms with Crippen molar-refractivity contribution in [3.63, 3.8) is 0 Å². The van der Waals surface area contributed by atoms with Crippen molar-refractivity contribution in [1.29, 1.82) is 5.26 Å². The summed E-state index contributed by atoms with van der Waals surface area (Å²) in [6.07, 6.45) is 1.84. The van der Waals surface area contributed by atoms with Gasteiger partial charge in [0, 0.05) is 32.1 Å². The predicted octanol–water partition coefficient (Wildman–Crippen LogP) is 6.07. The van der Waals surface area contributed by atoms with Crippen LogP contribution in [-0.4, -0.2) is 72.2 Å². The van der Waals surface area contributed by atoms with E-state index < -0.39 is 27.6 Å². The number of amides is 1. The van der Waals surface area contributed by atoms with Crippen LogP contribution in [-0.2, 0) is 32.6 Å². The highest BCUT2D eigenvalue weighted by Gasteiger charge is 2.61. The van der Waals surface area contributed by atoms with Crippen molar-refractivity contribution in [3.05, 3.63) is 52.3 Å². The smallest absolute Gasteiger partial charge is 0.272 e. The van der Waals surface area contributed by atoms with Crippen LogP contribution in [0.25, 0.3) is 0 Å². The molecule has 0 radical (unpaired) electrons. The fraction of sp³-hybridized carbons (Fsp3) is 0.647. The second kappa shape index (κ2) is 12.2. The van der Waals surface area contributed by atoms with Gasteiger partial charge in [-0.05, 0) is 67.4 Å². The monoisotopic (exact) mass is 667 g/mol. The third-order valence-electron chi connectivity index (χ3n) is 10.6. The Balaban J connectivity index is 1.31. The molecule has 1 fully saturated rings. The minimum absolute atomic E-state index is 0.161. The number of nitriles is 1. The van der Waals surface area contributed by atoms with Crippen molar-refractivity contribution >= 4 is 29.8 Å². The normalized spacial score (nSPS) is 19.8. The molecular weight excluding hydrogens is 619 g/mol. The Labute approximate surface area is 275 Å². The maximum Gasteiger partial charge on any atom is 0.272 e. The van der Waals surface area contributed by atoms with Gasteiger partial charge in [-0.15, -0.1) is 0 Å². The van der Waals surface area contributed by atoms with E-state index in [0.717, 1.165) is 11.1 Å². The van der Waals surface area contributed by atoms with Gasteiger partial charge < -0.3 is 14.2 Å². The quantitative estimate of drug-likeness (QED) is 0.251. The van der Waals surface area contributed by atoms with Crippen LogP contribution in [0.15, 0.2) is 29.4 Å². The van der Waals surface area contributed by atoms with Gasteiger partial charge in [-0.1, -0.05) is 58.8 Å². The van der Waals surface area contributed by atoms with Crippen LogP contribution in [0.2, 0.25) is 16.6 Å². The van der Waals surface area contributed by atoms with Gasteiger partial charge in [0.05, 0.1) is 27.7 Å². The van der Waals surface area contributed by atoms with Crippen molar-refractivity contribution in [1.82, 2.24) is 14.7 Å². The van der Waals surface area contributed by atoms with Crippen LogP contribution < -0.4 is 0 Å². The molecule has 12 heteroatoms. The summed E-state index contributed by atoms with van der Waals surface area (Å²) in [5.74, 6) is -0.202. The standard InChI is InChI=1S/C34H49N5O5SSi/c1-22(2)46(23(3)4,24(5)6)43-21-33(7,8)45(41,42)34(15-16-34)20-39-17-14-27-30(36-38(9)31(27)32(39)40)28-18-29(44-37-28)26-12-10-25(19-35)11-13-26/h10-13,22-24,29H,14-18,20-21H2,1-9H3. The van der Waals surface area contributed by atoms with E-state index in [1.165, 1.54) is 0 Å². The van der Waals surface area contributed by atoms with E-state index in [1.807, 2.05) is 12.1 Å². The molecule has 250 valence electrons. The number of rotatable bonds is 12. The van der Waals surface area contributed by atoms with Crippen LogP contribution in [0.5, 0.6) is 0 Å². The zero-order chi connectivity index (χ0) is 33.8. The predicted molar refractivity (Wildman–Crippen MR) is 181 cm³/mol. The average molecular weight is 668 g/mol. The lowest BCUT2D eigenvalue weighted by atomic mass is 9.97. The number of oxime groups is 1. The van der Waals surface area contributed by atoms with Gasteiger partial charge in [-0.25, -0.2) is 8.42 Å². The lowest BCUT2D eigenvalue weighted by molar-refractivity contribution is 0.0724. The molecule has 0 saturated heterocycles. The Morgan fingerprint density at radius 3 is 2.26 bits per heavy atom. The summed E-state index contributed by atoms with van der Waals surface area (Å²) < 4.78 is 35.0. The summed E-state index contributed by atoms with van der Waals surface area (Å²) in [7, 11) is -4.17. The molecule has 46 heavy (non-hydrogen) atoms. The maximum absolute atomic E-state index is 14.4. The van der Waals surface area contributed by atoms with Crippen molar-refractivity contribution in [2.45, 2.75) is 113 Å². The average Bonchev–Trinajstić information content (AvgIpc) is 3.48. The molecule has 1 saturated carbocycles. The molecule has 5 rings (SSSR count). The van der Waals surface area contributed by atoms with Crippen molar-refractivity contribution < 1.29 is 22.5 Å². The first kappa shape index (κ1) is 34.3. The van der Waals surface area contributed by atoms with Crippen LogP contribution >= 0.6 is 0 Å². The molecular formula is C34H49N5O5SSi. The number of fused-ring (bicyclic) bond motifs is 1. The Kier molecular flexibility index (Phi) is 9.12. The highest BCUT2D eigenvalue weighted by Crippen LogP contribution is 2.50. The van der Waals surface area contributed by atoms with Gasteiger partial charge in [0.15, 0.2) is 24.3 Å². The van der Waals surface area contributed by atoms with Crippen LogP contribution in [0, 0.1) is 11.3 Å². The molecule has 10 nitrogen and oxygen atoms in total. The highest BCUT2D eigenvalue weighted by atomic mass is 32.2. The van der Waals surface area contributed by atoms with E-state index in [1.54, 1.807) is 42.6 Å². The summed E-state index contributed by atoms with van der Waals surface area (Å²) in [6.45, 7) is 17.6. The topological polar surface area (TPSA) is 127 Å². The van der Waals surface area contributed by atoms with Gasteiger partial charge >= 0.3 is 0 Å². The number of carbonyl (C=O) groups excluding carboxylic acids is 1. The van der Waals surface area contributed by atoms with Gasteiger partial charge in [0.1, 0.15) is 17.1 Å². The fourth-order valence-corrected chi connectivity index (χ4v) is 15.9. The molecule has 2 aromatic rings. The summed E-state index contributed by atoms with van der Waals surface area (Å²) >= 11 is 0. The summed E-state index contributed by atoms with van der Waals surface area (Å²) in [5, 5.41) is 18.1. The van der Waals surface area contributed by atoms with Crippen molar-refractivity contribution in [2.24, 2.45) is 12.2 Å². The third-order valence-corrected chi connectivity index (χ3v) is 19.9. The van der Waals surface area contributed by atoms with E-state index >= 15 is 0 Å². The molecule has 0 N–H and O–H groups in total. The van der Waals surface area contributed by atoms with Crippen LogP contribution in [0.4, 0.5) is 0 Å². The minimum atomic E-state index is -3.65. The second-order valence-corrected chi connectivity index (χ2v) is 23.3. The highest BCUT2D eigenvalue weighted by molar-refractivity contribution is 7.94. The molecule has 1 atom stereocenters. The Hall–Kier alpha value is -3.01. The first-order valence-electron chi connectivity index (χ1n) is 16.5. The molecule has 0 bridgehead atoms. The SMILES string of the molecule is CC(C)[Si](OCC(C)(C)S(=O)(=O)C1(CN2CCc3c(C4=NOC(c5ccc(C#N)cc5)C4)nn(C)c3C2=O)CC1)(C(C)C)C(C)C. The lowest BCUT2D eigenvalue weighted by Crippen LogP contribution is -2.55. The summed E-state index contributed by atoms with van der Waals surface area (Å²) in [5.41, 5.74) is 5.19. The molecule has 2 aliphatic heterocycles. The largest absolute Gasteiger partial charge is 0.414 e. The number of sulfone groups is 1. The molecule has 1 aliphatic carbocycles. The van der Waals surface area contributed by atoms with E-state index in [9.17, 15) is 13.2 Å². The molecule has 1 amide bonds. The van der Waals surface area contributed by atoms with E-state index in [0.29, 0.717) is 71.5 Å². The van der Waals surface area contributed by atoms with Gasteiger partial charge in [-0.3, -0.25) is 9.48 Å². The van der Waals surface area contributed by atoms with Crippen molar-refractivity contribution in [2.75, 3.05) is 19.7 Å². The van der Waals surface area contributed by atoms with E-state index in [2.05, 4.69) is 57.9 Å². The molecule has 3 aliphatic rings. The Bertz CT molecular complexity index is 1640. The van der Waals surface area contributed by atoms with Gasteiger partial charge in [-0.2, -0.15) is 10.4 Å². The first-order chi connectivity index (χ1) is 21.5. The summed E-state index contributed by atoms with van der Waals surface area (Å²) in [4.78, 5) is 21.4. The van der Waals surface area contributed by atoms with Crippen molar-refractivity contribution in [3.8, 4) is 6.07 Å².